The zero-order chi connectivity index (χ0) is 11.5. The summed E-state index contributed by atoms with van der Waals surface area (Å²) < 4.78 is 1.12. The maximum absolute atomic E-state index is 6.19. The molecule has 2 nitrogen and oxygen atoms in total. The molecule has 16 heavy (non-hydrogen) atoms. The molecule has 0 saturated heterocycles. The van der Waals surface area contributed by atoms with Gasteiger partial charge in [0.25, 0.3) is 0 Å². The Hall–Kier alpha value is -0.710. The fourth-order valence-electron chi connectivity index (χ4n) is 1.66. The zero-order valence-corrected chi connectivity index (χ0v) is 11.4. The van der Waals surface area contributed by atoms with Gasteiger partial charge in [0, 0.05) is 15.4 Å². The molecule has 0 radical (unpaired) electrons. The minimum absolute atomic E-state index is 0.0335. The van der Waals surface area contributed by atoms with E-state index in [-0.39, 0.29) is 6.04 Å². The fourth-order valence-corrected chi connectivity index (χ4v) is 2.91. The number of aromatic nitrogens is 1. The summed E-state index contributed by atoms with van der Waals surface area (Å²) in [5, 5.41) is 0. The van der Waals surface area contributed by atoms with Crippen LogP contribution in [0, 0.1) is 6.92 Å². The molecule has 1 unspecified atom stereocenters. The average Bonchev–Trinajstić information content (AvgIpc) is 2.68. The molecule has 0 spiro atoms. The molecule has 0 saturated carbocycles. The van der Waals surface area contributed by atoms with E-state index in [1.807, 2.05) is 30.6 Å². The van der Waals surface area contributed by atoms with Crippen molar-refractivity contribution in [3.05, 3.63) is 50.4 Å². The molecule has 0 amide bonds. The van der Waals surface area contributed by atoms with Gasteiger partial charge in [-0.3, -0.25) is 0 Å². The van der Waals surface area contributed by atoms with Gasteiger partial charge in [0.05, 0.1) is 11.2 Å². The van der Waals surface area contributed by atoms with Gasteiger partial charge in [-0.2, -0.15) is 0 Å². The number of benzene rings is 1. The van der Waals surface area contributed by atoms with E-state index in [4.69, 9.17) is 5.73 Å². The second-order valence-corrected chi connectivity index (χ2v) is 5.44. The first-order valence-corrected chi connectivity index (χ1v) is 6.74. The van der Waals surface area contributed by atoms with Crippen LogP contribution >= 0.6 is 27.3 Å². The lowest BCUT2D eigenvalue weighted by Crippen LogP contribution is -2.13. The summed E-state index contributed by atoms with van der Waals surface area (Å²) in [5.74, 6) is 0. The van der Waals surface area contributed by atoms with Gasteiger partial charge in [-0.05, 0) is 25.0 Å². The van der Waals surface area contributed by atoms with Crippen LogP contribution in [0.2, 0.25) is 0 Å². The maximum Gasteiger partial charge on any atom is 0.0798 e. The van der Waals surface area contributed by atoms with Crippen molar-refractivity contribution >= 4 is 27.3 Å². The standard InChI is InChI=1S/C12H13BrN2S/c1-8-12(16-7-15-8)11(14)6-9-4-2-3-5-10(9)13/h2-5,7,11H,6,14H2,1H3. The predicted octanol–water partition coefficient (Wildman–Crippen LogP) is 3.46. The minimum atomic E-state index is 0.0335. The molecule has 1 aromatic carbocycles. The highest BCUT2D eigenvalue weighted by molar-refractivity contribution is 9.10. The molecule has 0 fully saturated rings. The SMILES string of the molecule is Cc1ncsc1C(N)Cc1ccccc1Br. The van der Waals surface area contributed by atoms with Gasteiger partial charge in [0.1, 0.15) is 0 Å². The van der Waals surface area contributed by atoms with Crippen LogP contribution in [-0.4, -0.2) is 4.98 Å². The highest BCUT2D eigenvalue weighted by Crippen LogP contribution is 2.26. The first-order chi connectivity index (χ1) is 7.68. The van der Waals surface area contributed by atoms with Crippen LogP contribution in [0.15, 0.2) is 34.2 Å². The van der Waals surface area contributed by atoms with Gasteiger partial charge >= 0.3 is 0 Å². The lowest BCUT2D eigenvalue weighted by molar-refractivity contribution is 0.726. The Morgan fingerprint density at radius 2 is 2.19 bits per heavy atom. The van der Waals surface area contributed by atoms with Crippen LogP contribution in [0.4, 0.5) is 0 Å². The second kappa shape index (κ2) is 5.08. The molecule has 0 aliphatic rings. The van der Waals surface area contributed by atoms with Gasteiger partial charge in [-0.1, -0.05) is 34.1 Å². The van der Waals surface area contributed by atoms with Gasteiger partial charge in [0.15, 0.2) is 0 Å². The number of halogens is 1. The smallest absolute Gasteiger partial charge is 0.0798 e. The molecule has 4 heteroatoms. The molecule has 1 aromatic heterocycles. The summed E-state index contributed by atoms with van der Waals surface area (Å²) in [6.07, 6.45) is 0.838. The van der Waals surface area contributed by atoms with Crippen LogP contribution in [0.1, 0.15) is 22.2 Å². The largest absolute Gasteiger partial charge is 0.323 e. The van der Waals surface area contributed by atoms with Gasteiger partial charge < -0.3 is 5.73 Å². The number of thiazole rings is 1. The molecule has 0 bridgehead atoms. The van der Waals surface area contributed by atoms with Crippen LogP contribution in [0.3, 0.4) is 0 Å². The lowest BCUT2D eigenvalue weighted by Gasteiger charge is -2.11. The maximum atomic E-state index is 6.19. The predicted molar refractivity (Wildman–Crippen MR) is 71.6 cm³/mol. The Balaban J connectivity index is 2.17. The second-order valence-electron chi connectivity index (χ2n) is 3.70. The highest BCUT2D eigenvalue weighted by atomic mass is 79.9. The molecule has 0 aliphatic carbocycles. The van der Waals surface area contributed by atoms with Crippen molar-refractivity contribution in [3.8, 4) is 0 Å². The van der Waals surface area contributed by atoms with Gasteiger partial charge in [0.2, 0.25) is 0 Å². The third kappa shape index (κ3) is 2.51. The molecular weight excluding hydrogens is 284 g/mol. The minimum Gasteiger partial charge on any atom is -0.323 e. The molecule has 2 rings (SSSR count). The third-order valence-corrected chi connectivity index (χ3v) is 4.35. The van der Waals surface area contributed by atoms with E-state index < -0.39 is 0 Å². The summed E-state index contributed by atoms with van der Waals surface area (Å²) in [6.45, 7) is 2.01. The topological polar surface area (TPSA) is 38.9 Å². The number of hydrogen-bond acceptors (Lipinski definition) is 3. The summed E-state index contributed by atoms with van der Waals surface area (Å²) in [4.78, 5) is 5.41. The Kier molecular flexibility index (Phi) is 3.74. The zero-order valence-electron chi connectivity index (χ0n) is 8.98. The summed E-state index contributed by atoms with van der Waals surface area (Å²) in [6, 6.07) is 8.22. The summed E-state index contributed by atoms with van der Waals surface area (Å²) in [5.41, 5.74) is 10.3. The third-order valence-electron chi connectivity index (χ3n) is 2.52. The van der Waals surface area contributed by atoms with Gasteiger partial charge in [-0.25, -0.2) is 4.98 Å². The molecule has 84 valence electrons. The van der Waals surface area contributed by atoms with Crippen molar-refractivity contribution in [1.29, 1.82) is 0 Å². The quantitative estimate of drug-likeness (QED) is 0.942. The Labute approximate surface area is 108 Å². The van der Waals surface area contributed by atoms with E-state index in [1.54, 1.807) is 11.3 Å². The number of nitrogens with two attached hydrogens (primary N) is 1. The van der Waals surface area contributed by atoms with E-state index in [1.165, 1.54) is 10.4 Å². The summed E-state index contributed by atoms with van der Waals surface area (Å²) in [7, 11) is 0. The van der Waals surface area contributed by atoms with E-state index in [9.17, 15) is 0 Å². The van der Waals surface area contributed by atoms with Crippen molar-refractivity contribution in [2.45, 2.75) is 19.4 Å². The lowest BCUT2D eigenvalue weighted by atomic mass is 10.0. The number of aryl methyl sites for hydroxylation is 1. The Morgan fingerprint density at radius 1 is 1.44 bits per heavy atom. The monoisotopic (exact) mass is 296 g/mol. The number of hydrogen-bond donors (Lipinski definition) is 1. The van der Waals surface area contributed by atoms with Crippen molar-refractivity contribution in [2.24, 2.45) is 5.73 Å². The van der Waals surface area contributed by atoms with Crippen molar-refractivity contribution in [2.75, 3.05) is 0 Å². The van der Waals surface area contributed by atoms with Crippen LogP contribution in [0.5, 0.6) is 0 Å². The average molecular weight is 297 g/mol. The van der Waals surface area contributed by atoms with Crippen molar-refractivity contribution in [1.82, 2.24) is 4.98 Å². The van der Waals surface area contributed by atoms with E-state index in [2.05, 4.69) is 27.0 Å². The number of nitrogens with zero attached hydrogens (tertiary/aromatic N) is 1. The first-order valence-electron chi connectivity index (χ1n) is 5.07. The van der Waals surface area contributed by atoms with E-state index in [0.717, 1.165) is 16.6 Å². The Bertz CT molecular complexity index is 481. The summed E-state index contributed by atoms with van der Waals surface area (Å²) >= 11 is 5.17. The van der Waals surface area contributed by atoms with E-state index in [0.29, 0.717) is 0 Å². The molecule has 1 atom stereocenters. The molecule has 2 aromatic rings. The van der Waals surface area contributed by atoms with Crippen molar-refractivity contribution < 1.29 is 0 Å². The fraction of sp³-hybridized carbons (Fsp3) is 0.250. The first kappa shape index (κ1) is 11.8. The van der Waals surface area contributed by atoms with Crippen molar-refractivity contribution in [3.63, 3.8) is 0 Å². The van der Waals surface area contributed by atoms with Crippen LogP contribution < -0.4 is 5.73 Å². The Morgan fingerprint density at radius 3 is 2.81 bits per heavy atom. The molecule has 0 aliphatic heterocycles. The van der Waals surface area contributed by atoms with Crippen LogP contribution in [0.25, 0.3) is 0 Å². The normalized spacial score (nSPS) is 12.7. The number of rotatable bonds is 3. The molecule has 2 N–H and O–H groups in total. The van der Waals surface area contributed by atoms with Crippen LogP contribution in [-0.2, 0) is 6.42 Å². The molecule has 1 heterocycles. The van der Waals surface area contributed by atoms with Gasteiger partial charge in [-0.15, -0.1) is 11.3 Å². The van der Waals surface area contributed by atoms with E-state index >= 15 is 0 Å². The molecular formula is C12H13BrN2S. The highest BCUT2D eigenvalue weighted by Gasteiger charge is 2.13.